The molecule has 3 rings (SSSR count). The molecule has 7 heteroatoms. The molecule has 2 aromatic rings. The summed E-state index contributed by atoms with van der Waals surface area (Å²) in [5.41, 5.74) is 0.697. The van der Waals surface area contributed by atoms with Crippen LogP contribution in [0.5, 0.6) is 11.5 Å². The molecule has 0 unspecified atom stereocenters. The van der Waals surface area contributed by atoms with Crippen LogP contribution in [0.25, 0.3) is 0 Å². The summed E-state index contributed by atoms with van der Waals surface area (Å²) < 4.78 is 12.6. The van der Waals surface area contributed by atoms with Crippen molar-refractivity contribution in [2.45, 2.75) is 19.4 Å². The van der Waals surface area contributed by atoms with Crippen molar-refractivity contribution >= 4 is 11.7 Å². The van der Waals surface area contributed by atoms with Crippen LogP contribution < -0.4 is 14.8 Å². The number of likely N-dealkylation sites (tertiary alicyclic amines) is 1. The average Bonchev–Trinajstić information content (AvgIpc) is 3.15. The molecule has 1 fully saturated rings. The first kappa shape index (κ1) is 17.1. The van der Waals surface area contributed by atoms with E-state index < -0.39 is 0 Å². The fourth-order valence-electron chi connectivity index (χ4n) is 3.13. The highest BCUT2D eigenvalue weighted by Crippen LogP contribution is 2.30. The quantitative estimate of drug-likeness (QED) is 0.905. The number of methoxy groups -OCH3 is 2. The van der Waals surface area contributed by atoms with Crippen molar-refractivity contribution in [2.24, 2.45) is 5.92 Å². The fraction of sp³-hybridized carbons (Fsp3) is 0.444. The summed E-state index contributed by atoms with van der Waals surface area (Å²) in [4.78, 5) is 18.4. The van der Waals surface area contributed by atoms with Gasteiger partial charge in [0.1, 0.15) is 0 Å². The predicted molar refractivity (Wildman–Crippen MR) is 95.1 cm³/mol. The smallest absolute Gasteiger partial charge is 0.321 e. The number of nitrogens with zero attached hydrogens (tertiary/aromatic N) is 3. The standard InChI is InChI=1S/C18H24N4O3/c1-24-16-4-3-15(11-17(16)25-2)20-18(23)22-8-5-14(6-9-22)12-21-10-7-19-13-21/h3-4,7,10-11,13-14H,5-6,8-9,12H2,1-2H3,(H,20,23). The third-order valence-corrected chi connectivity index (χ3v) is 4.56. The molecular formula is C18H24N4O3. The lowest BCUT2D eigenvalue weighted by atomic mass is 9.97. The first-order valence-corrected chi connectivity index (χ1v) is 8.43. The van der Waals surface area contributed by atoms with Gasteiger partial charge >= 0.3 is 6.03 Å². The second-order valence-corrected chi connectivity index (χ2v) is 6.19. The van der Waals surface area contributed by atoms with Crippen molar-refractivity contribution in [1.82, 2.24) is 14.5 Å². The van der Waals surface area contributed by atoms with E-state index in [1.165, 1.54) is 0 Å². The van der Waals surface area contributed by atoms with Crippen LogP contribution in [0.3, 0.4) is 0 Å². The Bertz CT molecular complexity index is 694. The summed E-state index contributed by atoms with van der Waals surface area (Å²) in [5.74, 6) is 1.82. The van der Waals surface area contributed by atoms with Gasteiger partial charge in [-0.3, -0.25) is 0 Å². The highest BCUT2D eigenvalue weighted by Gasteiger charge is 2.23. The van der Waals surface area contributed by atoms with Gasteiger partial charge in [-0.15, -0.1) is 0 Å². The maximum Gasteiger partial charge on any atom is 0.321 e. The largest absolute Gasteiger partial charge is 0.493 e. The summed E-state index contributed by atoms with van der Waals surface area (Å²) in [6, 6.07) is 5.28. The summed E-state index contributed by atoms with van der Waals surface area (Å²) in [5, 5.41) is 2.93. The van der Waals surface area contributed by atoms with Crippen molar-refractivity contribution < 1.29 is 14.3 Å². The first-order valence-electron chi connectivity index (χ1n) is 8.43. The van der Waals surface area contributed by atoms with Gasteiger partial charge in [-0.1, -0.05) is 0 Å². The minimum absolute atomic E-state index is 0.0756. The monoisotopic (exact) mass is 344 g/mol. The number of anilines is 1. The van der Waals surface area contributed by atoms with Crippen molar-refractivity contribution in [3.8, 4) is 11.5 Å². The van der Waals surface area contributed by atoms with Gasteiger partial charge in [0.25, 0.3) is 0 Å². The lowest BCUT2D eigenvalue weighted by Crippen LogP contribution is -2.41. The summed E-state index contributed by atoms with van der Waals surface area (Å²) in [6.45, 7) is 2.49. The summed E-state index contributed by atoms with van der Waals surface area (Å²) in [7, 11) is 3.17. The SMILES string of the molecule is COc1ccc(NC(=O)N2CCC(Cn3ccnc3)CC2)cc1OC. The van der Waals surface area contributed by atoms with Crippen molar-refractivity contribution in [1.29, 1.82) is 0 Å². The molecule has 0 radical (unpaired) electrons. The Morgan fingerprint density at radius 1 is 1.24 bits per heavy atom. The maximum atomic E-state index is 12.5. The number of hydrogen-bond donors (Lipinski definition) is 1. The fourth-order valence-corrected chi connectivity index (χ4v) is 3.13. The second-order valence-electron chi connectivity index (χ2n) is 6.19. The van der Waals surface area contributed by atoms with E-state index >= 15 is 0 Å². The summed E-state index contributed by atoms with van der Waals surface area (Å²) in [6.07, 6.45) is 7.62. The van der Waals surface area contributed by atoms with Crippen LogP contribution in [0.15, 0.2) is 36.9 Å². The van der Waals surface area contributed by atoms with Gasteiger partial charge in [0.2, 0.25) is 0 Å². The Morgan fingerprint density at radius 3 is 2.64 bits per heavy atom. The van der Waals surface area contributed by atoms with Crippen LogP contribution in [0.4, 0.5) is 10.5 Å². The number of rotatable bonds is 5. The number of urea groups is 1. The lowest BCUT2D eigenvalue weighted by Gasteiger charge is -2.32. The summed E-state index contributed by atoms with van der Waals surface area (Å²) >= 11 is 0. The third kappa shape index (κ3) is 4.23. The number of carbonyl (C=O) groups is 1. The van der Waals surface area contributed by atoms with E-state index in [-0.39, 0.29) is 6.03 Å². The highest BCUT2D eigenvalue weighted by atomic mass is 16.5. The van der Waals surface area contributed by atoms with E-state index in [1.54, 1.807) is 32.5 Å². The maximum absolute atomic E-state index is 12.5. The third-order valence-electron chi connectivity index (χ3n) is 4.56. The molecule has 1 aliphatic rings. The molecule has 25 heavy (non-hydrogen) atoms. The van der Waals surface area contributed by atoms with Crippen molar-refractivity contribution in [2.75, 3.05) is 32.6 Å². The molecule has 2 amide bonds. The molecular weight excluding hydrogens is 320 g/mol. The molecule has 0 aliphatic carbocycles. The number of nitrogens with one attached hydrogen (secondary N) is 1. The average molecular weight is 344 g/mol. The number of aromatic nitrogens is 2. The number of imidazole rings is 1. The van der Waals surface area contributed by atoms with Gasteiger partial charge in [-0.25, -0.2) is 9.78 Å². The van der Waals surface area contributed by atoms with Crippen LogP contribution in [-0.2, 0) is 6.54 Å². The topological polar surface area (TPSA) is 68.6 Å². The van der Waals surface area contributed by atoms with Crippen molar-refractivity contribution in [3.05, 3.63) is 36.9 Å². The molecule has 7 nitrogen and oxygen atoms in total. The Balaban J connectivity index is 1.52. The molecule has 1 saturated heterocycles. The molecule has 0 saturated carbocycles. The van der Waals surface area contributed by atoms with E-state index in [4.69, 9.17) is 9.47 Å². The molecule has 0 atom stereocenters. The molecule has 1 aliphatic heterocycles. The molecule has 1 aromatic heterocycles. The number of ether oxygens (including phenoxy) is 2. The van der Waals surface area contributed by atoms with Gasteiger partial charge in [-0.2, -0.15) is 0 Å². The normalized spacial score (nSPS) is 15.0. The minimum Gasteiger partial charge on any atom is -0.493 e. The van der Waals surface area contributed by atoms with Gasteiger partial charge in [-0.05, 0) is 30.9 Å². The van der Waals surface area contributed by atoms with E-state index in [0.717, 1.165) is 32.5 Å². The van der Waals surface area contributed by atoms with Gasteiger partial charge in [0.05, 0.1) is 20.5 Å². The molecule has 0 spiro atoms. The Morgan fingerprint density at radius 2 is 2.00 bits per heavy atom. The van der Waals surface area contributed by atoms with Crippen LogP contribution >= 0.6 is 0 Å². The zero-order valence-electron chi connectivity index (χ0n) is 14.6. The molecule has 0 bridgehead atoms. The number of hydrogen-bond acceptors (Lipinski definition) is 4. The van der Waals surface area contributed by atoms with E-state index in [9.17, 15) is 4.79 Å². The Hall–Kier alpha value is -2.70. The highest BCUT2D eigenvalue weighted by molar-refractivity contribution is 5.89. The molecule has 2 heterocycles. The van der Waals surface area contributed by atoms with Crippen LogP contribution in [0.1, 0.15) is 12.8 Å². The minimum atomic E-state index is -0.0756. The second kappa shape index (κ2) is 7.92. The van der Waals surface area contributed by atoms with Gasteiger partial charge in [0, 0.05) is 43.8 Å². The van der Waals surface area contributed by atoms with Crippen LogP contribution in [0, 0.1) is 5.92 Å². The number of carbonyl (C=O) groups excluding carboxylic acids is 1. The van der Waals surface area contributed by atoms with Gasteiger partial charge in [0.15, 0.2) is 11.5 Å². The van der Waals surface area contributed by atoms with E-state index in [1.807, 2.05) is 23.5 Å². The Labute approximate surface area is 147 Å². The van der Waals surface area contributed by atoms with E-state index in [0.29, 0.717) is 23.1 Å². The molecule has 134 valence electrons. The predicted octanol–water partition coefficient (Wildman–Crippen LogP) is 2.84. The van der Waals surface area contributed by atoms with Gasteiger partial charge < -0.3 is 24.3 Å². The van der Waals surface area contributed by atoms with Crippen LogP contribution in [0.2, 0.25) is 0 Å². The lowest BCUT2D eigenvalue weighted by molar-refractivity contribution is 0.177. The molecule has 1 aromatic carbocycles. The number of amides is 2. The van der Waals surface area contributed by atoms with Crippen molar-refractivity contribution in [3.63, 3.8) is 0 Å². The Kier molecular flexibility index (Phi) is 5.42. The van der Waals surface area contributed by atoms with Crippen LogP contribution in [-0.4, -0.2) is 47.8 Å². The number of benzene rings is 1. The zero-order chi connectivity index (χ0) is 17.6. The molecule has 1 N–H and O–H groups in total. The first-order chi connectivity index (χ1) is 12.2. The number of piperidine rings is 1. The zero-order valence-corrected chi connectivity index (χ0v) is 14.6. The van der Waals surface area contributed by atoms with E-state index in [2.05, 4.69) is 14.9 Å².